The van der Waals surface area contributed by atoms with Crippen LogP contribution in [-0.4, -0.2) is 47.9 Å². The Morgan fingerprint density at radius 2 is 1.73 bits per heavy atom. The van der Waals surface area contributed by atoms with Crippen molar-refractivity contribution in [3.8, 4) is 0 Å². The normalized spacial score (nSPS) is 11.2. The van der Waals surface area contributed by atoms with E-state index in [1.54, 1.807) is 11.3 Å². The zero-order chi connectivity index (χ0) is 18.4. The number of hydrogen-bond donors (Lipinski definition) is 0. The third kappa shape index (κ3) is 5.13. The topological polar surface area (TPSA) is 36.4 Å². The minimum absolute atomic E-state index is 0.190. The SMILES string of the molecule is CN(C)CCN(Cc1ccccc1)C(=O)CCc1nc2ccccc2s1. The van der Waals surface area contributed by atoms with Crippen molar-refractivity contribution < 1.29 is 4.79 Å². The molecule has 0 spiro atoms. The molecule has 26 heavy (non-hydrogen) atoms. The van der Waals surface area contributed by atoms with Gasteiger partial charge in [0.2, 0.25) is 5.91 Å². The standard InChI is InChI=1S/C21H25N3OS/c1-23(2)14-15-24(16-17-8-4-3-5-9-17)21(25)13-12-20-22-18-10-6-7-11-19(18)26-20/h3-11H,12-16H2,1-2H3. The Bertz CT molecular complexity index is 812. The van der Waals surface area contributed by atoms with E-state index in [2.05, 4.69) is 28.1 Å². The van der Waals surface area contributed by atoms with E-state index in [1.807, 2.05) is 55.4 Å². The minimum Gasteiger partial charge on any atom is -0.337 e. The number of rotatable bonds is 8. The van der Waals surface area contributed by atoms with Gasteiger partial charge in [-0.25, -0.2) is 4.98 Å². The molecule has 3 aromatic rings. The number of para-hydroxylation sites is 1. The molecule has 0 aliphatic heterocycles. The van der Waals surface area contributed by atoms with Gasteiger partial charge in [-0.2, -0.15) is 0 Å². The van der Waals surface area contributed by atoms with E-state index in [0.717, 1.165) is 23.6 Å². The Morgan fingerprint density at radius 3 is 2.46 bits per heavy atom. The first-order valence-corrected chi connectivity index (χ1v) is 9.74. The highest BCUT2D eigenvalue weighted by Gasteiger charge is 2.15. The van der Waals surface area contributed by atoms with Crippen LogP contribution in [0.4, 0.5) is 0 Å². The highest BCUT2D eigenvalue weighted by Crippen LogP contribution is 2.22. The third-order valence-electron chi connectivity index (χ3n) is 4.28. The fourth-order valence-corrected chi connectivity index (χ4v) is 3.78. The van der Waals surface area contributed by atoms with Crippen molar-refractivity contribution in [2.24, 2.45) is 0 Å². The Kier molecular flexibility index (Phi) is 6.36. The van der Waals surface area contributed by atoms with Crippen LogP contribution in [0.5, 0.6) is 0 Å². The smallest absolute Gasteiger partial charge is 0.223 e. The van der Waals surface area contributed by atoms with E-state index in [0.29, 0.717) is 19.4 Å². The average molecular weight is 368 g/mol. The lowest BCUT2D eigenvalue weighted by atomic mass is 10.2. The summed E-state index contributed by atoms with van der Waals surface area (Å²) >= 11 is 1.68. The van der Waals surface area contributed by atoms with Gasteiger partial charge in [-0.3, -0.25) is 4.79 Å². The van der Waals surface area contributed by atoms with Gasteiger partial charge in [0.15, 0.2) is 0 Å². The monoisotopic (exact) mass is 367 g/mol. The summed E-state index contributed by atoms with van der Waals surface area (Å²) in [4.78, 5) is 21.5. The minimum atomic E-state index is 0.190. The lowest BCUT2D eigenvalue weighted by Crippen LogP contribution is -2.36. The van der Waals surface area contributed by atoms with Gasteiger partial charge in [-0.05, 0) is 31.8 Å². The number of benzene rings is 2. The summed E-state index contributed by atoms with van der Waals surface area (Å²) in [5.74, 6) is 0.190. The van der Waals surface area contributed by atoms with Crippen molar-refractivity contribution in [2.75, 3.05) is 27.2 Å². The summed E-state index contributed by atoms with van der Waals surface area (Å²) in [7, 11) is 4.07. The van der Waals surface area contributed by atoms with Gasteiger partial charge in [0.25, 0.3) is 0 Å². The summed E-state index contributed by atoms with van der Waals surface area (Å²) < 4.78 is 1.18. The molecule has 1 aromatic heterocycles. The molecular formula is C21H25N3OS. The molecule has 0 radical (unpaired) electrons. The van der Waals surface area contributed by atoms with Crippen molar-refractivity contribution >= 4 is 27.5 Å². The lowest BCUT2D eigenvalue weighted by Gasteiger charge is -2.24. The molecule has 5 heteroatoms. The van der Waals surface area contributed by atoms with Crippen LogP contribution >= 0.6 is 11.3 Å². The Morgan fingerprint density at radius 1 is 1.00 bits per heavy atom. The molecule has 1 heterocycles. The van der Waals surface area contributed by atoms with Gasteiger partial charge < -0.3 is 9.80 Å². The molecule has 4 nitrogen and oxygen atoms in total. The number of carbonyl (C=O) groups excluding carboxylic acids is 1. The van der Waals surface area contributed by atoms with Gasteiger partial charge in [0.05, 0.1) is 15.2 Å². The van der Waals surface area contributed by atoms with Crippen molar-refractivity contribution in [3.63, 3.8) is 0 Å². The van der Waals surface area contributed by atoms with Gasteiger partial charge in [0.1, 0.15) is 0 Å². The fraction of sp³-hybridized carbons (Fsp3) is 0.333. The maximum Gasteiger partial charge on any atom is 0.223 e. The molecule has 0 atom stereocenters. The van der Waals surface area contributed by atoms with E-state index in [9.17, 15) is 4.79 Å². The highest BCUT2D eigenvalue weighted by atomic mass is 32.1. The summed E-state index contributed by atoms with van der Waals surface area (Å²) in [5, 5.41) is 1.03. The molecular weight excluding hydrogens is 342 g/mol. The van der Waals surface area contributed by atoms with Crippen LogP contribution in [0.25, 0.3) is 10.2 Å². The molecule has 0 aliphatic rings. The first-order chi connectivity index (χ1) is 12.6. The number of thiazole rings is 1. The van der Waals surface area contributed by atoms with E-state index in [-0.39, 0.29) is 5.91 Å². The van der Waals surface area contributed by atoms with Gasteiger partial charge >= 0.3 is 0 Å². The van der Waals surface area contributed by atoms with E-state index in [1.165, 1.54) is 10.3 Å². The maximum absolute atomic E-state index is 12.8. The predicted molar refractivity (Wildman–Crippen MR) is 108 cm³/mol. The molecule has 0 saturated heterocycles. The van der Waals surface area contributed by atoms with Crippen molar-refractivity contribution in [3.05, 3.63) is 65.2 Å². The second kappa shape index (κ2) is 8.92. The van der Waals surface area contributed by atoms with Crippen LogP contribution in [0.1, 0.15) is 17.0 Å². The zero-order valence-corrected chi connectivity index (χ0v) is 16.2. The lowest BCUT2D eigenvalue weighted by molar-refractivity contribution is -0.131. The third-order valence-corrected chi connectivity index (χ3v) is 5.37. The van der Waals surface area contributed by atoms with Gasteiger partial charge in [-0.15, -0.1) is 11.3 Å². The van der Waals surface area contributed by atoms with Crippen LogP contribution in [0.15, 0.2) is 54.6 Å². The number of nitrogens with zero attached hydrogens (tertiary/aromatic N) is 3. The average Bonchev–Trinajstić information content (AvgIpc) is 3.07. The molecule has 0 N–H and O–H groups in total. The molecule has 0 fully saturated rings. The first-order valence-electron chi connectivity index (χ1n) is 8.92. The summed E-state index contributed by atoms with van der Waals surface area (Å²) in [6, 6.07) is 18.3. The van der Waals surface area contributed by atoms with Crippen LogP contribution in [-0.2, 0) is 17.8 Å². The number of fused-ring (bicyclic) bond motifs is 1. The number of amides is 1. The second-order valence-corrected chi connectivity index (χ2v) is 7.79. The summed E-state index contributed by atoms with van der Waals surface area (Å²) in [5.41, 5.74) is 2.19. The summed E-state index contributed by atoms with van der Waals surface area (Å²) in [6.45, 7) is 2.26. The molecule has 3 rings (SSSR count). The molecule has 2 aromatic carbocycles. The molecule has 136 valence electrons. The van der Waals surface area contributed by atoms with Crippen LogP contribution in [0, 0.1) is 0 Å². The van der Waals surface area contributed by atoms with Crippen molar-refractivity contribution in [2.45, 2.75) is 19.4 Å². The van der Waals surface area contributed by atoms with Gasteiger partial charge in [-0.1, -0.05) is 42.5 Å². The molecule has 0 unspecified atom stereocenters. The maximum atomic E-state index is 12.8. The zero-order valence-electron chi connectivity index (χ0n) is 15.4. The van der Waals surface area contributed by atoms with Crippen LogP contribution in [0.3, 0.4) is 0 Å². The predicted octanol–water partition coefficient (Wildman–Crippen LogP) is 3.82. The second-order valence-electron chi connectivity index (χ2n) is 6.68. The van der Waals surface area contributed by atoms with Crippen molar-refractivity contribution in [1.29, 1.82) is 0 Å². The largest absolute Gasteiger partial charge is 0.337 e. The highest BCUT2D eigenvalue weighted by molar-refractivity contribution is 7.18. The fourth-order valence-electron chi connectivity index (χ4n) is 2.82. The van der Waals surface area contributed by atoms with Crippen LogP contribution < -0.4 is 0 Å². The Labute approximate surface area is 159 Å². The molecule has 0 bridgehead atoms. The summed E-state index contributed by atoms with van der Waals surface area (Å²) in [6.07, 6.45) is 1.20. The number of likely N-dealkylation sites (N-methyl/N-ethyl adjacent to an activating group) is 1. The van der Waals surface area contributed by atoms with E-state index < -0.39 is 0 Å². The number of carbonyl (C=O) groups is 1. The quantitative estimate of drug-likeness (QED) is 0.607. The first kappa shape index (κ1) is 18.5. The van der Waals surface area contributed by atoms with E-state index >= 15 is 0 Å². The molecule has 0 aliphatic carbocycles. The van der Waals surface area contributed by atoms with Crippen molar-refractivity contribution in [1.82, 2.24) is 14.8 Å². The number of hydrogen-bond acceptors (Lipinski definition) is 4. The Balaban J connectivity index is 1.63. The Hall–Kier alpha value is -2.24. The van der Waals surface area contributed by atoms with Gasteiger partial charge in [0, 0.05) is 32.5 Å². The number of aromatic nitrogens is 1. The number of aryl methyl sites for hydroxylation is 1. The molecule has 1 amide bonds. The van der Waals surface area contributed by atoms with Crippen LogP contribution in [0.2, 0.25) is 0 Å². The molecule has 0 saturated carbocycles. The van der Waals surface area contributed by atoms with E-state index in [4.69, 9.17) is 0 Å².